The van der Waals surface area contributed by atoms with Gasteiger partial charge in [0, 0.05) is 17.6 Å². The number of hydrogen-bond donors (Lipinski definition) is 2. The lowest BCUT2D eigenvalue weighted by Gasteiger charge is -2.09. The maximum Gasteiger partial charge on any atom is 0.261 e. The van der Waals surface area contributed by atoms with Crippen molar-refractivity contribution in [2.24, 2.45) is 0 Å². The molecule has 0 atom stereocenters. The standard InChI is InChI=1S/C14H13ClN2O3S/c1-16-14(18)10-5-7-13(8-6-10)21(19,20)17-12-4-2-3-11(15)9-12/h2-9,17H,1H3,(H,16,18). The number of carbonyl (C=O) groups is 1. The quantitative estimate of drug-likeness (QED) is 0.907. The van der Waals surface area contributed by atoms with Crippen molar-refractivity contribution in [3.05, 3.63) is 59.1 Å². The fourth-order valence-corrected chi connectivity index (χ4v) is 2.94. The van der Waals surface area contributed by atoms with Crippen LogP contribution in [0.2, 0.25) is 5.02 Å². The van der Waals surface area contributed by atoms with Crippen molar-refractivity contribution in [2.45, 2.75) is 4.90 Å². The summed E-state index contributed by atoms with van der Waals surface area (Å²) < 4.78 is 26.8. The Balaban J connectivity index is 2.25. The lowest BCUT2D eigenvalue weighted by molar-refractivity contribution is 0.0963. The SMILES string of the molecule is CNC(=O)c1ccc(S(=O)(=O)Nc2cccc(Cl)c2)cc1. The molecule has 1 amide bonds. The second kappa shape index (κ2) is 6.15. The third kappa shape index (κ3) is 3.74. The van der Waals surface area contributed by atoms with Crippen LogP contribution >= 0.6 is 11.6 Å². The Morgan fingerprint density at radius 2 is 1.76 bits per heavy atom. The van der Waals surface area contributed by atoms with Crippen molar-refractivity contribution >= 4 is 33.2 Å². The highest BCUT2D eigenvalue weighted by atomic mass is 35.5. The molecule has 7 heteroatoms. The fourth-order valence-electron chi connectivity index (χ4n) is 1.70. The van der Waals surface area contributed by atoms with Crippen LogP contribution in [-0.2, 0) is 10.0 Å². The summed E-state index contributed by atoms with van der Waals surface area (Å²) in [6.07, 6.45) is 0. The van der Waals surface area contributed by atoms with Crippen LogP contribution in [0.25, 0.3) is 0 Å². The molecule has 0 unspecified atom stereocenters. The number of halogens is 1. The molecule has 5 nitrogen and oxygen atoms in total. The van der Waals surface area contributed by atoms with Crippen molar-refractivity contribution in [1.29, 1.82) is 0 Å². The Bertz CT molecular complexity index is 758. The van der Waals surface area contributed by atoms with E-state index in [0.29, 0.717) is 16.3 Å². The number of benzene rings is 2. The summed E-state index contributed by atoms with van der Waals surface area (Å²) in [6, 6.07) is 12.1. The first kappa shape index (κ1) is 15.3. The van der Waals surface area contributed by atoms with Crippen LogP contribution < -0.4 is 10.0 Å². The van der Waals surface area contributed by atoms with Crippen LogP contribution in [0.5, 0.6) is 0 Å². The molecule has 2 N–H and O–H groups in total. The van der Waals surface area contributed by atoms with Crippen LogP contribution in [0.4, 0.5) is 5.69 Å². The van der Waals surface area contributed by atoms with Crippen LogP contribution in [0.3, 0.4) is 0 Å². The number of carbonyl (C=O) groups excluding carboxylic acids is 1. The predicted molar refractivity (Wildman–Crippen MR) is 82.1 cm³/mol. The Morgan fingerprint density at radius 1 is 1.10 bits per heavy atom. The van der Waals surface area contributed by atoms with E-state index in [1.807, 2.05) is 0 Å². The maximum absolute atomic E-state index is 12.2. The van der Waals surface area contributed by atoms with Crippen LogP contribution in [0.1, 0.15) is 10.4 Å². The van der Waals surface area contributed by atoms with E-state index in [2.05, 4.69) is 10.0 Å². The third-order valence-electron chi connectivity index (χ3n) is 2.73. The summed E-state index contributed by atoms with van der Waals surface area (Å²) in [5, 5.41) is 2.90. The Morgan fingerprint density at radius 3 is 2.33 bits per heavy atom. The molecule has 0 radical (unpaired) electrons. The lowest BCUT2D eigenvalue weighted by atomic mass is 10.2. The molecule has 0 aliphatic rings. The number of amides is 1. The molecule has 0 aromatic heterocycles. The number of rotatable bonds is 4. The molecular weight excluding hydrogens is 312 g/mol. The second-order valence-corrected chi connectivity index (χ2v) is 6.34. The van der Waals surface area contributed by atoms with Gasteiger partial charge in [-0.05, 0) is 42.5 Å². The van der Waals surface area contributed by atoms with E-state index < -0.39 is 10.0 Å². The number of anilines is 1. The molecule has 0 aliphatic carbocycles. The largest absolute Gasteiger partial charge is 0.355 e. The summed E-state index contributed by atoms with van der Waals surface area (Å²) in [7, 11) is -2.21. The minimum Gasteiger partial charge on any atom is -0.355 e. The minimum atomic E-state index is -3.72. The first-order valence-electron chi connectivity index (χ1n) is 6.03. The van der Waals surface area contributed by atoms with Gasteiger partial charge in [-0.1, -0.05) is 17.7 Å². The summed E-state index contributed by atoms with van der Waals surface area (Å²) in [4.78, 5) is 11.5. The summed E-state index contributed by atoms with van der Waals surface area (Å²) in [5.74, 6) is -0.276. The first-order valence-corrected chi connectivity index (χ1v) is 7.89. The first-order chi connectivity index (χ1) is 9.92. The zero-order chi connectivity index (χ0) is 15.5. The lowest BCUT2D eigenvalue weighted by Crippen LogP contribution is -2.18. The van der Waals surface area contributed by atoms with Gasteiger partial charge < -0.3 is 5.32 Å². The molecule has 2 aromatic carbocycles. The highest BCUT2D eigenvalue weighted by Gasteiger charge is 2.15. The van der Waals surface area contributed by atoms with Gasteiger partial charge in [-0.15, -0.1) is 0 Å². The zero-order valence-electron chi connectivity index (χ0n) is 11.1. The molecule has 0 fully saturated rings. The molecule has 110 valence electrons. The molecule has 0 aliphatic heterocycles. The topological polar surface area (TPSA) is 75.3 Å². The van der Waals surface area contributed by atoms with E-state index in [-0.39, 0.29) is 10.8 Å². The Labute approximate surface area is 128 Å². The predicted octanol–water partition coefficient (Wildman–Crippen LogP) is 2.50. The van der Waals surface area contributed by atoms with Gasteiger partial charge >= 0.3 is 0 Å². The number of sulfonamides is 1. The van der Waals surface area contributed by atoms with Gasteiger partial charge in [0.25, 0.3) is 15.9 Å². The van der Waals surface area contributed by atoms with Crippen molar-refractivity contribution in [3.63, 3.8) is 0 Å². The van der Waals surface area contributed by atoms with E-state index in [1.165, 1.54) is 37.4 Å². The van der Waals surface area contributed by atoms with Crippen molar-refractivity contribution in [1.82, 2.24) is 5.32 Å². The number of nitrogens with one attached hydrogen (secondary N) is 2. The highest BCUT2D eigenvalue weighted by Crippen LogP contribution is 2.19. The van der Waals surface area contributed by atoms with E-state index in [9.17, 15) is 13.2 Å². The molecule has 21 heavy (non-hydrogen) atoms. The normalized spacial score (nSPS) is 11.0. The van der Waals surface area contributed by atoms with Crippen LogP contribution in [0.15, 0.2) is 53.4 Å². The zero-order valence-corrected chi connectivity index (χ0v) is 12.7. The molecule has 0 heterocycles. The summed E-state index contributed by atoms with van der Waals surface area (Å²) in [6.45, 7) is 0. The molecule has 2 rings (SSSR count). The number of hydrogen-bond acceptors (Lipinski definition) is 3. The molecule has 0 bridgehead atoms. The van der Waals surface area contributed by atoms with Gasteiger partial charge in [-0.25, -0.2) is 8.42 Å². The molecule has 0 spiro atoms. The summed E-state index contributed by atoms with van der Waals surface area (Å²) in [5.41, 5.74) is 0.761. The van der Waals surface area contributed by atoms with Crippen molar-refractivity contribution < 1.29 is 13.2 Å². The monoisotopic (exact) mass is 324 g/mol. The van der Waals surface area contributed by atoms with E-state index >= 15 is 0 Å². The van der Waals surface area contributed by atoms with Gasteiger partial charge in [-0.3, -0.25) is 9.52 Å². The third-order valence-corrected chi connectivity index (χ3v) is 4.36. The molecule has 0 saturated heterocycles. The Hall–Kier alpha value is -2.05. The average Bonchev–Trinajstić information content (AvgIpc) is 2.46. The van der Waals surface area contributed by atoms with Gasteiger partial charge in [0.1, 0.15) is 0 Å². The Kier molecular flexibility index (Phi) is 4.50. The summed E-state index contributed by atoms with van der Waals surface area (Å²) >= 11 is 5.81. The maximum atomic E-state index is 12.2. The molecule has 2 aromatic rings. The van der Waals surface area contributed by atoms with E-state index in [1.54, 1.807) is 18.2 Å². The van der Waals surface area contributed by atoms with Crippen LogP contribution in [0, 0.1) is 0 Å². The minimum absolute atomic E-state index is 0.0649. The van der Waals surface area contributed by atoms with Crippen molar-refractivity contribution in [2.75, 3.05) is 11.8 Å². The van der Waals surface area contributed by atoms with Crippen molar-refractivity contribution in [3.8, 4) is 0 Å². The van der Waals surface area contributed by atoms with E-state index in [4.69, 9.17) is 11.6 Å². The average molecular weight is 325 g/mol. The highest BCUT2D eigenvalue weighted by molar-refractivity contribution is 7.92. The molecule has 0 saturated carbocycles. The van der Waals surface area contributed by atoms with Crippen LogP contribution in [-0.4, -0.2) is 21.4 Å². The fraction of sp³-hybridized carbons (Fsp3) is 0.0714. The van der Waals surface area contributed by atoms with Gasteiger partial charge in [0.15, 0.2) is 0 Å². The smallest absolute Gasteiger partial charge is 0.261 e. The van der Waals surface area contributed by atoms with Gasteiger partial charge in [0.05, 0.1) is 10.6 Å². The van der Waals surface area contributed by atoms with E-state index in [0.717, 1.165) is 0 Å². The molecular formula is C14H13ClN2O3S. The van der Waals surface area contributed by atoms with Gasteiger partial charge in [0.2, 0.25) is 0 Å². The second-order valence-electron chi connectivity index (χ2n) is 4.22. The van der Waals surface area contributed by atoms with Gasteiger partial charge in [-0.2, -0.15) is 0 Å².